The average Bonchev–Trinajstić information content (AvgIpc) is 2.29. The van der Waals surface area contributed by atoms with Gasteiger partial charge in [-0.15, -0.1) is 0 Å². The van der Waals surface area contributed by atoms with Gasteiger partial charge in [-0.2, -0.15) is 0 Å². The van der Waals surface area contributed by atoms with Crippen molar-refractivity contribution in [2.24, 2.45) is 0 Å². The van der Waals surface area contributed by atoms with Crippen LogP contribution >= 0.6 is 0 Å². The van der Waals surface area contributed by atoms with Crippen molar-refractivity contribution < 1.29 is 19.0 Å². The molecule has 1 aromatic rings. The highest BCUT2D eigenvalue weighted by Gasteiger charge is 2.39. The highest BCUT2D eigenvalue weighted by atomic mass is 19.1. The molecule has 0 spiro atoms. The van der Waals surface area contributed by atoms with Crippen LogP contribution in [0.3, 0.4) is 0 Å². The predicted octanol–water partition coefficient (Wildman–Crippen LogP) is 1.45. The van der Waals surface area contributed by atoms with Gasteiger partial charge in [0.05, 0.1) is 18.6 Å². The topological polar surface area (TPSA) is 70.6 Å². The summed E-state index contributed by atoms with van der Waals surface area (Å²) in [5.41, 5.74) is 0.0227. The van der Waals surface area contributed by atoms with Crippen LogP contribution in [0.1, 0.15) is 13.3 Å². The molecule has 1 aromatic carbocycles. The van der Waals surface area contributed by atoms with Gasteiger partial charge in [0.1, 0.15) is 0 Å². The third-order valence-electron chi connectivity index (χ3n) is 3.06. The normalized spacial score (nSPS) is 16.5. The molecule has 0 aromatic heterocycles. The fourth-order valence-electron chi connectivity index (χ4n) is 2.13. The second-order valence-electron chi connectivity index (χ2n) is 4.66. The Labute approximate surface area is 110 Å². The number of carbonyl (C=O) groups is 1. The first-order valence-corrected chi connectivity index (χ1v) is 6.18. The number of carboxylic acids is 1. The zero-order valence-corrected chi connectivity index (χ0v) is 10.7. The third-order valence-corrected chi connectivity index (χ3v) is 3.06. The largest absolute Gasteiger partial charge is 0.491 e. The van der Waals surface area contributed by atoms with Crippen LogP contribution in [-0.4, -0.2) is 36.3 Å². The number of hydrogen-bond acceptors (Lipinski definition) is 4. The molecule has 1 aliphatic rings. The molecule has 19 heavy (non-hydrogen) atoms. The minimum atomic E-state index is -0.875. The molecule has 0 aliphatic carbocycles. The molecular weight excluding hydrogens is 251 g/mol. The molecule has 0 unspecified atom stereocenters. The van der Waals surface area contributed by atoms with Crippen LogP contribution in [-0.2, 0) is 4.79 Å². The summed E-state index contributed by atoms with van der Waals surface area (Å²) >= 11 is 0. The van der Waals surface area contributed by atoms with Crippen LogP contribution in [0.15, 0.2) is 18.2 Å². The Hall–Kier alpha value is -1.82. The Bertz CT molecular complexity index is 475. The van der Waals surface area contributed by atoms with Crippen molar-refractivity contribution in [2.75, 3.05) is 25.0 Å². The number of rotatable bonds is 6. The van der Waals surface area contributed by atoms with Gasteiger partial charge in [0, 0.05) is 24.8 Å². The first-order chi connectivity index (χ1) is 9.04. The predicted molar refractivity (Wildman–Crippen MR) is 69.0 cm³/mol. The lowest BCUT2D eigenvalue weighted by molar-refractivity contribution is -0.138. The standard InChI is InChI=1S/C13H17FN2O3/c1-2-19-11-4-3-9(5-10(11)14)16-13(6-12(17)18)7-15-8-13/h3-5,15-16H,2,6-8H2,1H3,(H,17,18). The van der Waals surface area contributed by atoms with Gasteiger partial charge in [0.15, 0.2) is 11.6 Å². The monoisotopic (exact) mass is 268 g/mol. The molecule has 0 atom stereocenters. The molecule has 6 heteroatoms. The molecular formula is C13H17FN2O3. The lowest BCUT2D eigenvalue weighted by atomic mass is 9.88. The Balaban J connectivity index is 2.10. The van der Waals surface area contributed by atoms with Gasteiger partial charge in [0.2, 0.25) is 0 Å². The first-order valence-electron chi connectivity index (χ1n) is 6.18. The summed E-state index contributed by atoms with van der Waals surface area (Å²) in [5, 5.41) is 15.0. The zero-order valence-electron chi connectivity index (χ0n) is 10.7. The van der Waals surface area contributed by atoms with Crippen LogP contribution in [0.4, 0.5) is 10.1 Å². The van der Waals surface area contributed by atoms with E-state index in [0.717, 1.165) is 0 Å². The number of ether oxygens (including phenoxy) is 1. The van der Waals surface area contributed by atoms with E-state index in [1.807, 2.05) is 0 Å². The Kier molecular flexibility index (Phi) is 3.90. The van der Waals surface area contributed by atoms with Crippen molar-refractivity contribution in [3.63, 3.8) is 0 Å². The van der Waals surface area contributed by atoms with Gasteiger partial charge in [-0.3, -0.25) is 4.79 Å². The maximum atomic E-state index is 13.7. The summed E-state index contributed by atoms with van der Waals surface area (Å²) < 4.78 is 18.8. The smallest absolute Gasteiger partial charge is 0.305 e. The summed E-state index contributed by atoms with van der Waals surface area (Å²) in [7, 11) is 0. The Morgan fingerprint density at radius 3 is 2.79 bits per heavy atom. The lowest BCUT2D eigenvalue weighted by Gasteiger charge is -2.43. The van der Waals surface area contributed by atoms with E-state index >= 15 is 0 Å². The molecule has 3 N–H and O–H groups in total. The van der Waals surface area contributed by atoms with Crippen molar-refractivity contribution in [1.29, 1.82) is 0 Å². The van der Waals surface area contributed by atoms with E-state index in [-0.39, 0.29) is 12.2 Å². The minimum Gasteiger partial charge on any atom is -0.491 e. The molecule has 1 heterocycles. The second kappa shape index (κ2) is 5.44. The quantitative estimate of drug-likeness (QED) is 0.728. The molecule has 5 nitrogen and oxygen atoms in total. The van der Waals surface area contributed by atoms with Crippen molar-refractivity contribution in [3.8, 4) is 5.75 Å². The van der Waals surface area contributed by atoms with Crippen LogP contribution in [0, 0.1) is 5.82 Å². The number of nitrogens with one attached hydrogen (secondary N) is 2. The molecule has 104 valence electrons. The molecule has 0 saturated carbocycles. The average molecular weight is 268 g/mol. The van der Waals surface area contributed by atoms with Crippen molar-refractivity contribution in [2.45, 2.75) is 18.9 Å². The third kappa shape index (κ3) is 3.14. The molecule has 2 rings (SSSR count). The van der Waals surface area contributed by atoms with E-state index in [4.69, 9.17) is 9.84 Å². The summed E-state index contributed by atoms with van der Waals surface area (Å²) in [4.78, 5) is 10.8. The van der Waals surface area contributed by atoms with E-state index in [1.165, 1.54) is 6.07 Å². The summed E-state index contributed by atoms with van der Waals surface area (Å²) in [5.74, 6) is -1.13. The molecule has 0 bridgehead atoms. The Morgan fingerprint density at radius 1 is 1.58 bits per heavy atom. The van der Waals surface area contributed by atoms with E-state index in [0.29, 0.717) is 25.4 Å². The fraction of sp³-hybridized carbons (Fsp3) is 0.462. The van der Waals surface area contributed by atoms with Gasteiger partial charge < -0.3 is 20.5 Å². The highest BCUT2D eigenvalue weighted by Crippen LogP contribution is 2.26. The molecule has 1 aliphatic heterocycles. The van der Waals surface area contributed by atoms with E-state index in [1.54, 1.807) is 19.1 Å². The van der Waals surface area contributed by atoms with E-state index < -0.39 is 17.3 Å². The van der Waals surface area contributed by atoms with Crippen LogP contribution in [0.5, 0.6) is 5.75 Å². The minimum absolute atomic E-state index is 0.00513. The van der Waals surface area contributed by atoms with Crippen LogP contribution < -0.4 is 15.4 Å². The summed E-state index contributed by atoms with van der Waals surface area (Å²) in [6, 6.07) is 4.56. The van der Waals surface area contributed by atoms with Crippen molar-refractivity contribution in [3.05, 3.63) is 24.0 Å². The van der Waals surface area contributed by atoms with E-state index in [2.05, 4.69) is 10.6 Å². The number of halogens is 1. The summed E-state index contributed by atoms with van der Waals surface area (Å²) in [6.07, 6.45) is -0.00513. The molecule has 0 radical (unpaired) electrons. The van der Waals surface area contributed by atoms with Gasteiger partial charge in [-0.25, -0.2) is 4.39 Å². The van der Waals surface area contributed by atoms with Crippen LogP contribution in [0.25, 0.3) is 0 Å². The van der Waals surface area contributed by atoms with Crippen molar-refractivity contribution in [1.82, 2.24) is 5.32 Å². The Morgan fingerprint density at radius 2 is 2.32 bits per heavy atom. The van der Waals surface area contributed by atoms with Gasteiger partial charge >= 0.3 is 5.97 Å². The number of carboxylic acid groups (broad SMARTS) is 1. The number of benzene rings is 1. The SMILES string of the molecule is CCOc1ccc(NC2(CC(=O)O)CNC2)cc1F. The van der Waals surface area contributed by atoms with Gasteiger partial charge in [-0.1, -0.05) is 0 Å². The lowest BCUT2D eigenvalue weighted by Crippen LogP contribution is -2.65. The molecule has 1 saturated heterocycles. The fourth-order valence-corrected chi connectivity index (χ4v) is 2.13. The van der Waals surface area contributed by atoms with Crippen LogP contribution in [0.2, 0.25) is 0 Å². The number of hydrogen-bond donors (Lipinski definition) is 3. The maximum Gasteiger partial charge on any atom is 0.305 e. The molecule has 1 fully saturated rings. The summed E-state index contributed by atoms with van der Waals surface area (Å²) in [6.45, 7) is 3.28. The maximum absolute atomic E-state index is 13.7. The van der Waals surface area contributed by atoms with E-state index in [9.17, 15) is 9.18 Å². The zero-order chi connectivity index (χ0) is 13.9. The highest BCUT2D eigenvalue weighted by molar-refractivity contribution is 5.70. The van der Waals surface area contributed by atoms with Crippen molar-refractivity contribution >= 4 is 11.7 Å². The van der Waals surface area contributed by atoms with Gasteiger partial charge in [-0.05, 0) is 19.1 Å². The van der Waals surface area contributed by atoms with Gasteiger partial charge in [0.25, 0.3) is 0 Å². The second-order valence-corrected chi connectivity index (χ2v) is 4.66. The molecule has 0 amide bonds. The number of aliphatic carboxylic acids is 1. The first kappa shape index (κ1) is 13.6. The number of anilines is 1.